The number of thiophene rings is 1. The maximum Gasteiger partial charge on any atom is 0.135 e. The Balaban J connectivity index is 1.16. The van der Waals surface area contributed by atoms with E-state index in [0.29, 0.717) is 0 Å². The lowest BCUT2D eigenvalue weighted by molar-refractivity contribution is 0.669. The zero-order valence-electron chi connectivity index (χ0n) is 31.3. The molecule has 0 amide bonds. The van der Waals surface area contributed by atoms with Crippen LogP contribution in [-0.4, -0.2) is 4.57 Å². The summed E-state index contributed by atoms with van der Waals surface area (Å²) in [6.07, 6.45) is 0. The van der Waals surface area contributed by atoms with Crippen molar-refractivity contribution in [3.05, 3.63) is 206 Å². The van der Waals surface area contributed by atoms with E-state index in [1.807, 2.05) is 11.3 Å². The van der Waals surface area contributed by atoms with Crippen molar-refractivity contribution in [1.29, 1.82) is 0 Å². The van der Waals surface area contributed by atoms with Crippen LogP contribution in [0.3, 0.4) is 0 Å². The van der Waals surface area contributed by atoms with Gasteiger partial charge in [0, 0.05) is 58.8 Å². The van der Waals surface area contributed by atoms with Crippen molar-refractivity contribution in [1.82, 2.24) is 4.57 Å². The molecule has 12 aromatic rings. The zero-order chi connectivity index (χ0) is 38.2. The van der Waals surface area contributed by atoms with Gasteiger partial charge in [0.25, 0.3) is 0 Å². The highest BCUT2D eigenvalue weighted by Crippen LogP contribution is 2.49. The average Bonchev–Trinajstić information content (AvgIpc) is 3.97. The predicted octanol–water partition coefficient (Wildman–Crippen LogP) is 15.9. The van der Waals surface area contributed by atoms with Crippen molar-refractivity contribution in [3.63, 3.8) is 0 Å². The van der Waals surface area contributed by atoms with Gasteiger partial charge < -0.3 is 13.9 Å². The van der Waals surface area contributed by atoms with Crippen molar-refractivity contribution in [2.24, 2.45) is 0 Å². The van der Waals surface area contributed by atoms with E-state index < -0.39 is 0 Å². The number of anilines is 3. The Morgan fingerprint density at radius 3 is 1.84 bits per heavy atom. The van der Waals surface area contributed by atoms with Gasteiger partial charge in [-0.3, -0.25) is 0 Å². The molecule has 4 heteroatoms. The van der Waals surface area contributed by atoms with Crippen molar-refractivity contribution >= 4 is 92.3 Å². The summed E-state index contributed by atoms with van der Waals surface area (Å²) in [5, 5.41) is 7.14. The van der Waals surface area contributed by atoms with Crippen molar-refractivity contribution in [3.8, 4) is 27.9 Å². The molecule has 0 saturated heterocycles. The number of benzene rings is 9. The molecule has 0 unspecified atom stereocenters. The van der Waals surface area contributed by atoms with Crippen LogP contribution in [0.4, 0.5) is 17.1 Å². The maximum absolute atomic E-state index is 6.51. The largest absolute Gasteiger partial charge is 0.456 e. The van der Waals surface area contributed by atoms with Gasteiger partial charge >= 0.3 is 0 Å². The SMILES string of the molecule is c1ccc(-c2ccc3oc4ccc(N(c5ccc6c7ccccc7n(-c7ccccc7)c6c5)c5ccc(-c6ccccc6)c6sc7ccccc7c56)cc4c3c2)cc1. The molecule has 0 aliphatic heterocycles. The standard InChI is InChI=1S/C54H34N2OS/c1-4-14-35(15-5-1)37-24-30-50-45(32-37)46-33-39(26-31-51(46)57-50)55(40-25-27-43-42-20-10-12-22-47(42)56(49(43)34-40)38-18-8-3-9-19-38)48-29-28-41(36-16-6-2-7-17-36)54-53(48)44-21-11-13-23-52(44)58-54/h1-34H. The molecule has 0 fully saturated rings. The number of para-hydroxylation sites is 2. The Labute approximate surface area is 338 Å². The van der Waals surface area contributed by atoms with Gasteiger partial charge in [-0.25, -0.2) is 0 Å². The monoisotopic (exact) mass is 758 g/mol. The molecule has 0 atom stereocenters. The molecule has 0 aliphatic carbocycles. The third-order valence-electron chi connectivity index (χ3n) is 11.6. The minimum absolute atomic E-state index is 0.870. The van der Waals surface area contributed by atoms with E-state index in [0.717, 1.165) is 50.2 Å². The average molecular weight is 759 g/mol. The molecule has 0 N–H and O–H groups in total. The summed E-state index contributed by atoms with van der Waals surface area (Å²) in [6.45, 7) is 0. The first kappa shape index (κ1) is 32.8. The molecule has 3 nitrogen and oxygen atoms in total. The van der Waals surface area contributed by atoms with Crippen molar-refractivity contribution < 1.29 is 4.42 Å². The number of hydrogen-bond donors (Lipinski definition) is 0. The van der Waals surface area contributed by atoms with Crippen LogP contribution in [0.2, 0.25) is 0 Å². The van der Waals surface area contributed by atoms with Crippen LogP contribution in [0.25, 0.3) is 91.9 Å². The lowest BCUT2D eigenvalue weighted by Gasteiger charge is -2.27. The van der Waals surface area contributed by atoms with Crippen LogP contribution in [0.1, 0.15) is 0 Å². The highest BCUT2D eigenvalue weighted by atomic mass is 32.1. The Morgan fingerprint density at radius 2 is 1.03 bits per heavy atom. The minimum atomic E-state index is 0.870. The molecule has 12 rings (SSSR count). The molecule has 0 radical (unpaired) electrons. The van der Waals surface area contributed by atoms with Gasteiger partial charge in [0.05, 0.1) is 16.7 Å². The fraction of sp³-hybridized carbons (Fsp3) is 0. The number of rotatable bonds is 6. The summed E-state index contributed by atoms with van der Waals surface area (Å²) in [5.41, 5.74) is 13.3. The summed E-state index contributed by atoms with van der Waals surface area (Å²) in [6, 6.07) is 74.4. The highest BCUT2D eigenvalue weighted by Gasteiger charge is 2.23. The van der Waals surface area contributed by atoms with Crippen LogP contribution in [0, 0.1) is 0 Å². The van der Waals surface area contributed by atoms with E-state index in [2.05, 4.69) is 216 Å². The first-order chi connectivity index (χ1) is 28.8. The van der Waals surface area contributed by atoms with Crippen LogP contribution in [0.5, 0.6) is 0 Å². The van der Waals surface area contributed by atoms with Crippen LogP contribution < -0.4 is 4.90 Å². The fourth-order valence-corrected chi connectivity index (χ4v) is 10.2. The Hall–Kier alpha value is -7.40. The number of fused-ring (bicyclic) bond motifs is 9. The molecule has 0 saturated carbocycles. The van der Waals surface area contributed by atoms with Gasteiger partial charge in [-0.2, -0.15) is 0 Å². The van der Waals surface area contributed by atoms with Crippen molar-refractivity contribution in [2.45, 2.75) is 0 Å². The van der Waals surface area contributed by atoms with Gasteiger partial charge in [0.1, 0.15) is 11.2 Å². The maximum atomic E-state index is 6.51. The molecule has 272 valence electrons. The van der Waals surface area contributed by atoms with Crippen LogP contribution in [-0.2, 0) is 0 Å². The molecule has 0 aliphatic rings. The van der Waals surface area contributed by atoms with Gasteiger partial charge in [0.15, 0.2) is 0 Å². The van der Waals surface area contributed by atoms with Gasteiger partial charge in [0.2, 0.25) is 0 Å². The summed E-state index contributed by atoms with van der Waals surface area (Å²) >= 11 is 1.87. The summed E-state index contributed by atoms with van der Waals surface area (Å²) in [4.78, 5) is 2.46. The quantitative estimate of drug-likeness (QED) is 0.168. The van der Waals surface area contributed by atoms with E-state index >= 15 is 0 Å². The third kappa shape index (κ3) is 5.12. The van der Waals surface area contributed by atoms with Gasteiger partial charge in [-0.15, -0.1) is 11.3 Å². The van der Waals surface area contributed by atoms with Crippen LogP contribution in [0.15, 0.2) is 211 Å². The first-order valence-corrected chi connectivity index (χ1v) is 20.5. The third-order valence-corrected chi connectivity index (χ3v) is 12.8. The Kier molecular flexibility index (Phi) is 7.40. The molecular formula is C54H34N2OS. The predicted molar refractivity (Wildman–Crippen MR) is 247 cm³/mol. The van der Waals surface area contributed by atoms with Gasteiger partial charge in [-0.1, -0.05) is 133 Å². The van der Waals surface area contributed by atoms with E-state index in [4.69, 9.17) is 4.42 Å². The van der Waals surface area contributed by atoms with E-state index in [-0.39, 0.29) is 0 Å². The number of furan rings is 1. The van der Waals surface area contributed by atoms with E-state index in [1.54, 1.807) is 0 Å². The minimum Gasteiger partial charge on any atom is -0.456 e. The topological polar surface area (TPSA) is 21.3 Å². The summed E-state index contributed by atoms with van der Waals surface area (Å²) < 4.78 is 11.5. The number of nitrogens with zero attached hydrogens (tertiary/aromatic N) is 2. The lowest BCUT2D eigenvalue weighted by Crippen LogP contribution is -2.10. The second-order valence-electron chi connectivity index (χ2n) is 14.9. The highest BCUT2D eigenvalue weighted by molar-refractivity contribution is 7.26. The molecule has 0 spiro atoms. The molecular weight excluding hydrogens is 725 g/mol. The second-order valence-corrected chi connectivity index (χ2v) is 15.9. The van der Waals surface area contributed by atoms with Gasteiger partial charge in [-0.05, 0) is 95.1 Å². The Bertz CT molecular complexity index is 3510. The number of hydrogen-bond acceptors (Lipinski definition) is 3. The van der Waals surface area contributed by atoms with E-state index in [1.165, 1.54) is 58.7 Å². The summed E-state index contributed by atoms with van der Waals surface area (Å²) in [7, 11) is 0. The fourth-order valence-electron chi connectivity index (χ4n) is 8.94. The van der Waals surface area contributed by atoms with Crippen molar-refractivity contribution in [2.75, 3.05) is 4.90 Å². The summed E-state index contributed by atoms with van der Waals surface area (Å²) in [5.74, 6) is 0. The second kappa shape index (κ2) is 13.1. The molecule has 9 aromatic carbocycles. The molecule has 0 bridgehead atoms. The zero-order valence-corrected chi connectivity index (χ0v) is 32.2. The molecule has 58 heavy (non-hydrogen) atoms. The van der Waals surface area contributed by atoms with E-state index in [9.17, 15) is 0 Å². The Morgan fingerprint density at radius 1 is 0.414 bits per heavy atom. The lowest BCUT2D eigenvalue weighted by atomic mass is 9.99. The molecule has 3 aromatic heterocycles. The number of aromatic nitrogens is 1. The first-order valence-electron chi connectivity index (χ1n) is 19.7. The normalized spacial score (nSPS) is 11.8. The molecule has 3 heterocycles. The smallest absolute Gasteiger partial charge is 0.135 e. The van der Waals surface area contributed by atoms with Crippen LogP contribution >= 0.6 is 11.3 Å².